The summed E-state index contributed by atoms with van der Waals surface area (Å²) in [6, 6.07) is 28.4. The Morgan fingerprint density at radius 1 is 0.861 bits per heavy atom. The summed E-state index contributed by atoms with van der Waals surface area (Å²) in [7, 11) is 0. The monoisotopic (exact) mass is 477 g/mol. The molecule has 0 aliphatic heterocycles. The molecule has 6 heteroatoms. The van der Waals surface area contributed by atoms with Crippen molar-refractivity contribution < 1.29 is 14.6 Å². The van der Waals surface area contributed by atoms with Crippen LogP contribution in [0.4, 0.5) is 11.5 Å². The van der Waals surface area contributed by atoms with E-state index in [-0.39, 0.29) is 11.7 Å². The van der Waals surface area contributed by atoms with Gasteiger partial charge in [-0.05, 0) is 80.4 Å². The van der Waals surface area contributed by atoms with E-state index in [0.717, 1.165) is 33.8 Å². The fourth-order valence-corrected chi connectivity index (χ4v) is 3.99. The van der Waals surface area contributed by atoms with Crippen molar-refractivity contribution in [2.24, 2.45) is 0 Å². The third kappa shape index (κ3) is 4.93. The molecule has 0 aliphatic carbocycles. The lowest BCUT2D eigenvalue weighted by atomic mass is 10.1. The molecule has 5 rings (SSSR count). The molecule has 180 valence electrons. The minimum Gasteiger partial charge on any atom is -0.508 e. The number of nitrogens with one attached hydrogen (secondary N) is 1. The Bertz CT molecular complexity index is 1530. The molecule has 0 spiro atoms. The maximum absolute atomic E-state index is 12.4. The quantitative estimate of drug-likeness (QED) is 0.265. The van der Waals surface area contributed by atoms with Crippen molar-refractivity contribution in [3.05, 3.63) is 103 Å². The van der Waals surface area contributed by atoms with E-state index in [1.807, 2.05) is 79.9 Å². The van der Waals surface area contributed by atoms with Gasteiger partial charge in [0, 0.05) is 17.4 Å². The highest BCUT2D eigenvalue weighted by Gasteiger charge is 2.19. The molecule has 2 heterocycles. The van der Waals surface area contributed by atoms with Crippen LogP contribution >= 0.6 is 0 Å². The van der Waals surface area contributed by atoms with Gasteiger partial charge in [-0.2, -0.15) is 0 Å². The van der Waals surface area contributed by atoms with Gasteiger partial charge in [-0.15, -0.1) is 0 Å². The number of phenolic OH excluding ortho intramolecular Hbond substituents is 1. The number of aromatic nitrogens is 2. The average Bonchev–Trinajstić information content (AvgIpc) is 3.21. The van der Waals surface area contributed by atoms with Crippen molar-refractivity contribution in [3.8, 4) is 28.1 Å². The van der Waals surface area contributed by atoms with Crippen LogP contribution in [0.5, 0.6) is 5.75 Å². The molecule has 0 unspecified atom stereocenters. The van der Waals surface area contributed by atoms with Crippen molar-refractivity contribution in [3.63, 3.8) is 0 Å². The van der Waals surface area contributed by atoms with Gasteiger partial charge in [-0.3, -0.25) is 4.40 Å². The molecule has 0 bridgehead atoms. The number of ether oxygens (including phenoxy) is 1. The number of benzene rings is 3. The molecular weight excluding hydrogens is 450 g/mol. The number of phenols is 1. The zero-order chi connectivity index (χ0) is 25.3. The summed E-state index contributed by atoms with van der Waals surface area (Å²) in [5.41, 5.74) is 5.13. The molecular formula is C30H27N3O3. The SMILES string of the molecule is CC(C)(C)OC(=O)c1ccc(Nc2c(-c3cccc(O)c3)nc3cc(-c4ccccc4)ccn23)cc1. The molecule has 0 fully saturated rings. The molecule has 5 aromatic rings. The lowest BCUT2D eigenvalue weighted by molar-refractivity contribution is 0.00695. The fraction of sp³-hybridized carbons (Fsp3) is 0.133. The van der Waals surface area contributed by atoms with Gasteiger partial charge in [0.05, 0.1) is 5.56 Å². The summed E-state index contributed by atoms with van der Waals surface area (Å²) < 4.78 is 7.45. The predicted octanol–water partition coefficient (Wildman–Crippen LogP) is 7.07. The maximum Gasteiger partial charge on any atom is 0.338 e. The van der Waals surface area contributed by atoms with Gasteiger partial charge >= 0.3 is 5.97 Å². The van der Waals surface area contributed by atoms with E-state index in [4.69, 9.17) is 9.72 Å². The van der Waals surface area contributed by atoms with Crippen molar-refractivity contribution in [2.75, 3.05) is 5.32 Å². The normalized spacial score (nSPS) is 11.4. The Hall–Kier alpha value is -4.58. The van der Waals surface area contributed by atoms with Crippen LogP contribution in [0.25, 0.3) is 28.0 Å². The van der Waals surface area contributed by atoms with E-state index in [1.165, 1.54) is 0 Å². The Labute approximate surface area is 209 Å². The van der Waals surface area contributed by atoms with Crippen LogP contribution in [0.15, 0.2) is 97.2 Å². The van der Waals surface area contributed by atoms with Crippen LogP contribution < -0.4 is 5.32 Å². The first-order valence-corrected chi connectivity index (χ1v) is 11.7. The zero-order valence-corrected chi connectivity index (χ0v) is 20.4. The van der Waals surface area contributed by atoms with Gasteiger partial charge in [0.2, 0.25) is 0 Å². The van der Waals surface area contributed by atoms with E-state index in [2.05, 4.69) is 17.4 Å². The molecule has 2 N–H and O–H groups in total. The van der Waals surface area contributed by atoms with Gasteiger partial charge in [0.25, 0.3) is 0 Å². The standard InChI is InChI=1S/C30H27N3O3/c1-30(2,3)36-29(35)21-12-14-24(15-13-21)31-28-27(23-10-7-11-25(34)18-23)32-26-19-22(16-17-33(26)28)20-8-5-4-6-9-20/h4-19,31,34H,1-3H3. The molecule has 36 heavy (non-hydrogen) atoms. The average molecular weight is 478 g/mol. The zero-order valence-electron chi connectivity index (χ0n) is 20.4. The van der Waals surface area contributed by atoms with Crippen molar-refractivity contribution >= 4 is 23.1 Å². The fourth-order valence-electron chi connectivity index (χ4n) is 3.99. The number of hydrogen-bond acceptors (Lipinski definition) is 5. The second kappa shape index (κ2) is 9.23. The van der Waals surface area contributed by atoms with Crippen LogP contribution in [0.1, 0.15) is 31.1 Å². The van der Waals surface area contributed by atoms with Crippen LogP contribution in [-0.4, -0.2) is 26.1 Å². The molecule has 6 nitrogen and oxygen atoms in total. The second-order valence-electron chi connectivity index (χ2n) is 9.57. The summed E-state index contributed by atoms with van der Waals surface area (Å²) in [6.07, 6.45) is 1.98. The number of anilines is 2. The highest BCUT2D eigenvalue weighted by Crippen LogP contribution is 2.34. The smallest absolute Gasteiger partial charge is 0.338 e. The predicted molar refractivity (Wildman–Crippen MR) is 143 cm³/mol. The van der Waals surface area contributed by atoms with Crippen molar-refractivity contribution in [2.45, 2.75) is 26.4 Å². The molecule has 3 aromatic carbocycles. The third-order valence-corrected chi connectivity index (χ3v) is 5.64. The van der Waals surface area contributed by atoms with Crippen LogP contribution in [0.2, 0.25) is 0 Å². The number of imidazole rings is 1. The summed E-state index contributed by atoms with van der Waals surface area (Å²) >= 11 is 0. The van der Waals surface area contributed by atoms with Crippen LogP contribution in [0.3, 0.4) is 0 Å². The molecule has 0 atom stereocenters. The number of fused-ring (bicyclic) bond motifs is 1. The molecule has 2 aromatic heterocycles. The van der Waals surface area contributed by atoms with E-state index in [0.29, 0.717) is 11.3 Å². The number of aromatic hydroxyl groups is 1. The molecule has 0 aliphatic rings. The number of pyridine rings is 1. The van der Waals surface area contributed by atoms with Crippen molar-refractivity contribution in [1.82, 2.24) is 9.38 Å². The molecule has 0 amide bonds. The topological polar surface area (TPSA) is 75.9 Å². The summed E-state index contributed by atoms with van der Waals surface area (Å²) in [5, 5.41) is 13.5. The van der Waals surface area contributed by atoms with E-state index < -0.39 is 5.60 Å². The highest BCUT2D eigenvalue weighted by molar-refractivity contribution is 5.90. The van der Waals surface area contributed by atoms with Gasteiger partial charge in [0.15, 0.2) is 0 Å². The largest absolute Gasteiger partial charge is 0.508 e. The minimum absolute atomic E-state index is 0.169. The Balaban J connectivity index is 1.54. The van der Waals surface area contributed by atoms with Crippen LogP contribution in [0, 0.1) is 0 Å². The Kier molecular flexibility index (Phi) is 5.94. The van der Waals surface area contributed by atoms with Crippen LogP contribution in [-0.2, 0) is 4.74 Å². The summed E-state index contributed by atoms with van der Waals surface area (Å²) in [5.74, 6) is 0.556. The summed E-state index contributed by atoms with van der Waals surface area (Å²) in [4.78, 5) is 17.3. The molecule has 0 saturated carbocycles. The first-order chi connectivity index (χ1) is 17.3. The number of carbonyl (C=O) groups is 1. The number of esters is 1. The second-order valence-corrected chi connectivity index (χ2v) is 9.57. The highest BCUT2D eigenvalue weighted by atomic mass is 16.6. The van der Waals surface area contributed by atoms with Crippen molar-refractivity contribution in [1.29, 1.82) is 0 Å². The lowest BCUT2D eigenvalue weighted by Crippen LogP contribution is -2.23. The van der Waals surface area contributed by atoms with E-state index in [9.17, 15) is 9.90 Å². The maximum atomic E-state index is 12.4. The van der Waals surface area contributed by atoms with Gasteiger partial charge in [0.1, 0.15) is 28.5 Å². The lowest BCUT2D eigenvalue weighted by Gasteiger charge is -2.19. The summed E-state index contributed by atoms with van der Waals surface area (Å²) in [6.45, 7) is 5.53. The first-order valence-electron chi connectivity index (χ1n) is 11.7. The minimum atomic E-state index is -0.556. The third-order valence-electron chi connectivity index (χ3n) is 5.64. The number of nitrogens with zero attached hydrogens (tertiary/aromatic N) is 2. The number of carbonyl (C=O) groups excluding carboxylic acids is 1. The Morgan fingerprint density at radius 3 is 2.28 bits per heavy atom. The van der Waals surface area contributed by atoms with E-state index >= 15 is 0 Å². The first kappa shape index (κ1) is 23.2. The van der Waals surface area contributed by atoms with E-state index in [1.54, 1.807) is 30.3 Å². The number of rotatable bonds is 5. The van der Waals surface area contributed by atoms with Gasteiger partial charge in [-0.25, -0.2) is 9.78 Å². The molecule has 0 radical (unpaired) electrons. The van der Waals surface area contributed by atoms with Gasteiger partial charge < -0.3 is 15.2 Å². The van der Waals surface area contributed by atoms with Gasteiger partial charge in [-0.1, -0.05) is 42.5 Å². The number of hydrogen-bond donors (Lipinski definition) is 2. The molecule has 0 saturated heterocycles. The Morgan fingerprint density at radius 2 is 1.58 bits per heavy atom.